The minimum Gasteiger partial charge on any atom is -0.382 e. The Morgan fingerprint density at radius 3 is 2.68 bits per heavy atom. The van der Waals surface area contributed by atoms with Crippen molar-refractivity contribution < 1.29 is 14.2 Å². The van der Waals surface area contributed by atoms with E-state index in [1.807, 2.05) is 25.1 Å². The molecule has 0 saturated heterocycles. The van der Waals surface area contributed by atoms with Crippen LogP contribution in [0.3, 0.4) is 0 Å². The van der Waals surface area contributed by atoms with E-state index in [9.17, 15) is 0 Å². The molecule has 2 N–H and O–H groups in total. The predicted molar refractivity (Wildman–Crippen MR) is 73.9 cm³/mol. The van der Waals surface area contributed by atoms with Crippen molar-refractivity contribution >= 4 is 0 Å². The lowest BCUT2D eigenvalue weighted by molar-refractivity contribution is 0.0125. The van der Waals surface area contributed by atoms with E-state index in [2.05, 4.69) is 4.98 Å². The molecule has 1 aromatic rings. The zero-order valence-corrected chi connectivity index (χ0v) is 11.7. The summed E-state index contributed by atoms with van der Waals surface area (Å²) < 4.78 is 16.1. The van der Waals surface area contributed by atoms with Crippen LogP contribution in [0.5, 0.6) is 0 Å². The highest BCUT2D eigenvalue weighted by molar-refractivity contribution is 5.08. The Hall–Kier alpha value is -1.01. The van der Waals surface area contributed by atoms with Gasteiger partial charge in [-0.05, 0) is 25.5 Å². The molecule has 0 radical (unpaired) electrons. The van der Waals surface area contributed by atoms with Gasteiger partial charge in [0, 0.05) is 32.6 Å². The molecule has 5 nitrogen and oxygen atoms in total. The van der Waals surface area contributed by atoms with Crippen molar-refractivity contribution in [3.05, 3.63) is 30.1 Å². The molecule has 0 spiro atoms. The maximum absolute atomic E-state index is 5.94. The standard InChI is InChI=1S/C14H24N2O3/c1-12(15)14(13-6-3-4-7-16-13)19-9-5-8-18-11-10-17-2/h3-4,6-7,12,14H,5,8-11,15H2,1-2H3. The molecule has 0 aromatic carbocycles. The summed E-state index contributed by atoms with van der Waals surface area (Å²) in [7, 11) is 1.66. The Bertz CT molecular complexity index is 320. The summed E-state index contributed by atoms with van der Waals surface area (Å²) in [6, 6.07) is 5.66. The Morgan fingerprint density at radius 1 is 1.21 bits per heavy atom. The van der Waals surface area contributed by atoms with Crippen LogP contribution < -0.4 is 5.73 Å². The zero-order chi connectivity index (χ0) is 13.9. The van der Waals surface area contributed by atoms with Crippen LogP contribution in [0, 0.1) is 0 Å². The van der Waals surface area contributed by atoms with Crippen molar-refractivity contribution in [1.29, 1.82) is 0 Å². The monoisotopic (exact) mass is 268 g/mol. The summed E-state index contributed by atoms with van der Waals surface area (Å²) >= 11 is 0. The van der Waals surface area contributed by atoms with Crippen molar-refractivity contribution in [2.75, 3.05) is 33.5 Å². The highest BCUT2D eigenvalue weighted by atomic mass is 16.5. The molecule has 19 heavy (non-hydrogen) atoms. The van der Waals surface area contributed by atoms with E-state index >= 15 is 0 Å². The quantitative estimate of drug-likeness (QED) is 0.652. The minimum absolute atomic E-state index is 0.0932. The lowest BCUT2D eigenvalue weighted by Gasteiger charge is -2.20. The van der Waals surface area contributed by atoms with Gasteiger partial charge >= 0.3 is 0 Å². The van der Waals surface area contributed by atoms with Crippen molar-refractivity contribution in [3.8, 4) is 0 Å². The molecule has 1 aromatic heterocycles. The molecule has 0 bridgehead atoms. The lowest BCUT2D eigenvalue weighted by atomic mass is 10.1. The SMILES string of the molecule is COCCOCCCOC(c1ccccn1)C(C)N. The smallest absolute Gasteiger partial charge is 0.114 e. The number of methoxy groups -OCH3 is 1. The number of nitrogens with zero attached hydrogens (tertiary/aromatic N) is 1. The maximum atomic E-state index is 5.94. The molecule has 5 heteroatoms. The van der Waals surface area contributed by atoms with Gasteiger partial charge in [0.1, 0.15) is 6.10 Å². The molecule has 1 rings (SSSR count). The molecule has 0 aliphatic rings. The molecule has 0 aliphatic heterocycles. The Balaban J connectivity index is 2.24. The first-order valence-electron chi connectivity index (χ1n) is 6.60. The number of nitrogens with two attached hydrogens (primary N) is 1. The van der Waals surface area contributed by atoms with Crippen molar-refractivity contribution in [1.82, 2.24) is 4.98 Å². The second-order valence-electron chi connectivity index (χ2n) is 4.36. The van der Waals surface area contributed by atoms with Crippen LogP contribution in [-0.2, 0) is 14.2 Å². The molecule has 108 valence electrons. The maximum Gasteiger partial charge on any atom is 0.114 e. The second-order valence-corrected chi connectivity index (χ2v) is 4.36. The average molecular weight is 268 g/mol. The lowest BCUT2D eigenvalue weighted by Crippen LogP contribution is -2.28. The first-order valence-corrected chi connectivity index (χ1v) is 6.60. The van der Waals surface area contributed by atoms with Crippen LogP contribution in [0.4, 0.5) is 0 Å². The van der Waals surface area contributed by atoms with Gasteiger partial charge in [-0.2, -0.15) is 0 Å². The Labute approximate surface area is 115 Å². The van der Waals surface area contributed by atoms with Gasteiger partial charge in [0.25, 0.3) is 0 Å². The predicted octanol–water partition coefficient (Wildman–Crippen LogP) is 1.54. The van der Waals surface area contributed by atoms with Crippen molar-refractivity contribution in [2.45, 2.75) is 25.5 Å². The number of aromatic nitrogens is 1. The molecule has 0 saturated carbocycles. The average Bonchev–Trinajstić information content (AvgIpc) is 2.42. The van der Waals surface area contributed by atoms with E-state index < -0.39 is 0 Å². The molecular formula is C14H24N2O3. The molecule has 1 heterocycles. The third-order valence-corrected chi connectivity index (χ3v) is 2.62. The first-order chi connectivity index (χ1) is 9.25. The summed E-state index contributed by atoms with van der Waals surface area (Å²) in [6.45, 7) is 4.44. The van der Waals surface area contributed by atoms with Gasteiger partial charge in [-0.3, -0.25) is 4.98 Å². The summed E-state index contributed by atoms with van der Waals surface area (Å²) in [5.74, 6) is 0. The first kappa shape index (κ1) is 16.0. The number of hydrogen-bond acceptors (Lipinski definition) is 5. The Kier molecular flexibility index (Phi) is 8.33. The van der Waals surface area contributed by atoms with Gasteiger partial charge in [0.15, 0.2) is 0 Å². The van der Waals surface area contributed by atoms with Crippen LogP contribution in [-0.4, -0.2) is 44.6 Å². The topological polar surface area (TPSA) is 66.6 Å². The van der Waals surface area contributed by atoms with Gasteiger partial charge in [0.05, 0.1) is 18.9 Å². The summed E-state index contributed by atoms with van der Waals surface area (Å²) in [4.78, 5) is 4.29. The number of hydrogen-bond donors (Lipinski definition) is 1. The fraction of sp³-hybridized carbons (Fsp3) is 0.643. The van der Waals surface area contributed by atoms with Gasteiger partial charge in [-0.1, -0.05) is 6.07 Å². The zero-order valence-electron chi connectivity index (χ0n) is 11.7. The second kappa shape index (κ2) is 9.86. The third-order valence-electron chi connectivity index (χ3n) is 2.62. The van der Waals surface area contributed by atoms with E-state index in [4.69, 9.17) is 19.9 Å². The Morgan fingerprint density at radius 2 is 2.05 bits per heavy atom. The summed E-state index contributed by atoms with van der Waals surface area (Å²) in [5, 5.41) is 0. The minimum atomic E-state index is -0.167. The van der Waals surface area contributed by atoms with E-state index in [1.165, 1.54) is 0 Å². The van der Waals surface area contributed by atoms with Gasteiger partial charge in [0.2, 0.25) is 0 Å². The van der Waals surface area contributed by atoms with Gasteiger partial charge < -0.3 is 19.9 Å². The van der Waals surface area contributed by atoms with Crippen LogP contribution in [0.25, 0.3) is 0 Å². The normalized spacial score (nSPS) is 14.3. The number of rotatable bonds is 10. The van der Waals surface area contributed by atoms with Gasteiger partial charge in [-0.15, -0.1) is 0 Å². The van der Waals surface area contributed by atoms with Crippen molar-refractivity contribution in [2.24, 2.45) is 5.73 Å². The molecule has 0 fully saturated rings. The summed E-state index contributed by atoms with van der Waals surface area (Å²) in [5.41, 5.74) is 6.81. The number of pyridine rings is 1. The van der Waals surface area contributed by atoms with Crippen LogP contribution in [0.2, 0.25) is 0 Å². The van der Waals surface area contributed by atoms with Crippen molar-refractivity contribution in [3.63, 3.8) is 0 Å². The van der Waals surface area contributed by atoms with Crippen LogP contribution in [0.1, 0.15) is 25.1 Å². The molecule has 2 atom stereocenters. The van der Waals surface area contributed by atoms with Gasteiger partial charge in [-0.25, -0.2) is 0 Å². The highest BCUT2D eigenvalue weighted by Gasteiger charge is 2.17. The molecule has 2 unspecified atom stereocenters. The highest BCUT2D eigenvalue weighted by Crippen LogP contribution is 2.17. The largest absolute Gasteiger partial charge is 0.382 e. The molecule has 0 amide bonds. The fourth-order valence-corrected chi connectivity index (χ4v) is 1.67. The van der Waals surface area contributed by atoms with E-state index in [0.29, 0.717) is 26.4 Å². The number of ether oxygens (including phenoxy) is 3. The fourth-order valence-electron chi connectivity index (χ4n) is 1.67. The van der Waals surface area contributed by atoms with Crippen LogP contribution >= 0.6 is 0 Å². The van der Waals surface area contributed by atoms with Crippen LogP contribution in [0.15, 0.2) is 24.4 Å². The van der Waals surface area contributed by atoms with E-state index in [1.54, 1.807) is 13.3 Å². The third kappa shape index (κ3) is 6.63. The van der Waals surface area contributed by atoms with E-state index in [0.717, 1.165) is 12.1 Å². The molecular weight excluding hydrogens is 244 g/mol. The summed E-state index contributed by atoms with van der Waals surface area (Å²) in [6.07, 6.45) is 2.42. The molecule has 0 aliphatic carbocycles. The van der Waals surface area contributed by atoms with E-state index in [-0.39, 0.29) is 12.1 Å².